The fraction of sp³-hybridized carbons (Fsp3) is 0.455. The minimum atomic E-state index is 0.161. The Labute approximate surface area is 151 Å². The highest BCUT2D eigenvalue weighted by atomic mass is 16.6. The Balaban J connectivity index is 0.000000170. The summed E-state index contributed by atoms with van der Waals surface area (Å²) < 4.78 is 5.09. The molecule has 0 aromatic heterocycles. The minimum absolute atomic E-state index is 0.161. The van der Waals surface area contributed by atoms with Crippen LogP contribution in [0.1, 0.15) is 49.5 Å². The number of nitrogens with two attached hydrogens (primary N) is 1. The normalized spacial score (nSPS) is 23.6. The van der Waals surface area contributed by atoms with Crippen LogP contribution in [0.25, 0.3) is 0 Å². The van der Waals surface area contributed by atoms with Gasteiger partial charge in [0.2, 0.25) is 0 Å². The van der Waals surface area contributed by atoms with Crippen molar-refractivity contribution in [1.82, 2.24) is 4.90 Å². The molecule has 0 amide bonds. The third kappa shape index (κ3) is 5.40. The highest BCUT2D eigenvalue weighted by Gasteiger charge is 2.24. The van der Waals surface area contributed by atoms with Crippen molar-refractivity contribution >= 4 is 0 Å². The molecule has 0 spiro atoms. The van der Waals surface area contributed by atoms with Gasteiger partial charge in [-0.3, -0.25) is 4.90 Å². The zero-order valence-corrected chi connectivity index (χ0v) is 15.2. The maximum atomic E-state index is 6.25. The Hall–Kier alpha value is -1.68. The van der Waals surface area contributed by atoms with Crippen molar-refractivity contribution in [1.29, 1.82) is 0 Å². The van der Waals surface area contributed by atoms with Crippen LogP contribution in [0, 0.1) is 0 Å². The van der Waals surface area contributed by atoms with Crippen molar-refractivity contribution < 1.29 is 4.74 Å². The quantitative estimate of drug-likeness (QED) is 0.826. The molecule has 3 heteroatoms. The van der Waals surface area contributed by atoms with Crippen LogP contribution in [0.4, 0.5) is 0 Å². The second-order valence-electron chi connectivity index (χ2n) is 6.95. The molecule has 2 saturated heterocycles. The lowest BCUT2D eigenvalue weighted by Gasteiger charge is -2.26. The van der Waals surface area contributed by atoms with Gasteiger partial charge in [0.05, 0.1) is 6.61 Å². The molecule has 0 aliphatic carbocycles. The number of ether oxygens (including phenoxy) is 1. The van der Waals surface area contributed by atoms with Gasteiger partial charge in [0.15, 0.2) is 0 Å². The summed E-state index contributed by atoms with van der Waals surface area (Å²) in [7, 11) is 0. The highest BCUT2D eigenvalue weighted by Crippen LogP contribution is 2.28. The molecule has 0 saturated carbocycles. The highest BCUT2D eigenvalue weighted by molar-refractivity contribution is 5.20. The van der Waals surface area contributed by atoms with Crippen LogP contribution in [-0.4, -0.2) is 30.6 Å². The third-order valence-corrected chi connectivity index (χ3v) is 5.13. The molecule has 3 nitrogen and oxygen atoms in total. The van der Waals surface area contributed by atoms with Crippen molar-refractivity contribution in [2.24, 2.45) is 5.73 Å². The average molecular weight is 338 g/mol. The standard InChI is InChI=1S/C14H22N2.C8H8O/c1-2-13-9-6-10-16(13)11-14(15)12-7-4-3-5-8-12;1-2-4-7(5-3-1)8-6-9-8/h3-5,7-8,13-14H,2,6,9-11,15H2,1H3;1-5,8H,6H2/t13?,14-;8-/m11/s1. The van der Waals surface area contributed by atoms with Gasteiger partial charge < -0.3 is 10.5 Å². The van der Waals surface area contributed by atoms with Crippen LogP contribution < -0.4 is 5.73 Å². The largest absolute Gasteiger partial charge is 0.368 e. The molecule has 0 radical (unpaired) electrons. The fourth-order valence-electron chi connectivity index (χ4n) is 3.56. The molecular weight excluding hydrogens is 308 g/mol. The zero-order chi connectivity index (χ0) is 17.5. The van der Waals surface area contributed by atoms with Gasteiger partial charge in [-0.25, -0.2) is 0 Å². The van der Waals surface area contributed by atoms with E-state index in [1.165, 1.54) is 36.9 Å². The Kier molecular flexibility index (Phi) is 6.62. The van der Waals surface area contributed by atoms with Gasteiger partial charge in [0, 0.05) is 18.6 Å². The van der Waals surface area contributed by atoms with E-state index >= 15 is 0 Å². The first-order chi connectivity index (χ1) is 12.3. The van der Waals surface area contributed by atoms with Crippen molar-refractivity contribution in [3.8, 4) is 0 Å². The first kappa shape index (κ1) is 18.1. The van der Waals surface area contributed by atoms with Crippen molar-refractivity contribution in [2.45, 2.75) is 44.4 Å². The molecule has 25 heavy (non-hydrogen) atoms. The summed E-state index contributed by atoms with van der Waals surface area (Å²) >= 11 is 0. The summed E-state index contributed by atoms with van der Waals surface area (Å²) in [5, 5.41) is 0. The first-order valence-corrected chi connectivity index (χ1v) is 9.49. The van der Waals surface area contributed by atoms with Gasteiger partial charge in [-0.1, -0.05) is 67.6 Å². The summed E-state index contributed by atoms with van der Waals surface area (Å²) in [6, 6.07) is 21.6. The average Bonchev–Trinajstić information content (AvgIpc) is 3.44. The number of epoxide rings is 1. The van der Waals surface area contributed by atoms with Gasteiger partial charge in [-0.05, 0) is 36.9 Å². The van der Waals surface area contributed by atoms with E-state index < -0.39 is 0 Å². The second-order valence-corrected chi connectivity index (χ2v) is 6.95. The van der Waals surface area contributed by atoms with E-state index in [0.29, 0.717) is 6.10 Å². The van der Waals surface area contributed by atoms with Crippen LogP contribution in [0.2, 0.25) is 0 Å². The molecule has 2 heterocycles. The second kappa shape index (κ2) is 9.14. The van der Waals surface area contributed by atoms with Gasteiger partial charge >= 0.3 is 0 Å². The molecule has 2 aliphatic heterocycles. The first-order valence-electron chi connectivity index (χ1n) is 9.49. The van der Waals surface area contributed by atoms with E-state index in [1.54, 1.807) is 0 Å². The smallest absolute Gasteiger partial charge is 0.106 e. The van der Waals surface area contributed by atoms with Crippen LogP contribution in [0.5, 0.6) is 0 Å². The SMILES string of the molecule is CCC1CCCN1C[C@@H](N)c1ccccc1.c1ccc([C@H]2CO2)cc1. The molecular formula is C22H30N2O. The Bertz CT molecular complexity index is 612. The molecule has 1 unspecified atom stereocenters. The van der Waals surface area contributed by atoms with Gasteiger partial charge in [-0.2, -0.15) is 0 Å². The Morgan fingerprint density at radius 2 is 1.72 bits per heavy atom. The van der Waals surface area contributed by atoms with Crippen molar-refractivity contribution in [2.75, 3.05) is 19.7 Å². The summed E-state index contributed by atoms with van der Waals surface area (Å²) in [5.74, 6) is 0. The lowest BCUT2D eigenvalue weighted by molar-refractivity contribution is 0.234. The van der Waals surface area contributed by atoms with Crippen LogP contribution in [0.3, 0.4) is 0 Å². The Morgan fingerprint density at radius 1 is 1.08 bits per heavy atom. The van der Waals surface area contributed by atoms with E-state index in [9.17, 15) is 0 Å². The lowest BCUT2D eigenvalue weighted by atomic mass is 10.1. The molecule has 2 aliphatic rings. The lowest BCUT2D eigenvalue weighted by Crippen LogP contribution is -2.35. The number of benzene rings is 2. The van der Waals surface area contributed by atoms with E-state index in [0.717, 1.165) is 19.2 Å². The van der Waals surface area contributed by atoms with E-state index in [2.05, 4.69) is 48.2 Å². The summed E-state index contributed by atoms with van der Waals surface area (Å²) in [6.07, 6.45) is 4.34. The summed E-state index contributed by atoms with van der Waals surface area (Å²) in [5.41, 5.74) is 8.81. The van der Waals surface area contributed by atoms with E-state index in [1.807, 2.05) is 24.3 Å². The topological polar surface area (TPSA) is 41.8 Å². The van der Waals surface area contributed by atoms with Crippen molar-refractivity contribution in [3.05, 3.63) is 71.8 Å². The number of likely N-dealkylation sites (tertiary alicyclic amines) is 1. The molecule has 4 rings (SSSR count). The van der Waals surface area contributed by atoms with Crippen molar-refractivity contribution in [3.63, 3.8) is 0 Å². The fourth-order valence-corrected chi connectivity index (χ4v) is 3.56. The van der Waals surface area contributed by atoms with Crippen LogP contribution in [0.15, 0.2) is 60.7 Å². The number of hydrogen-bond acceptors (Lipinski definition) is 3. The monoisotopic (exact) mass is 338 g/mol. The van der Waals surface area contributed by atoms with Crippen LogP contribution in [-0.2, 0) is 4.74 Å². The minimum Gasteiger partial charge on any atom is -0.368 e. The van der Waals surface area contributed by atoms with E-state index in [4.69, 9.17) is 10.5 Å². The van der Waals surface area contributed by atoms with Gasteiger partial charge in [0.1, 0.15) is 6.10 Å². The molecule has 3 atom stereocenters. The predicted molar refractivity (Wildman–Crippen MR) is 103 cm³/mol. The number of nitrogens with zero attached hydrogens (tertiary/aromatic N) is 1. The predicted octanol–water partition coefficient (Wildman–Crippen LogP) is 4.32. The molecule has 2 fully saturated rings. The maximum Gasteiger partial charge on any atom is 0.106 e. The van der Waals surface area contributed by atoms with Gasteiger partial charge in [0.25, 0.3) is 0 Å². The summed E-state index contributed by atoms with van der Waals surface area (Å²) in [6.45, 7) is 5.41. The molecule has 2 aromatic carbocycles. The zero-order valence-electron chi connectivity index (χ0n) is 15.2. The third-order valence-electron chi connectivity index (χ3n) is 5.13. The molecule has 2 aromatic rings. The number of rotatable bonds is 5. The van der Waals surface area contributed by atoms with E-state index in [-0.39, 0.29) is 6.04 Å². The van der Waals surface area contributed by atoms with Gasteiger partial charge in [-0.15, -0.1) is 0 Å². The Morgan fingerprint density at radius 3 is 2.32 bits per heavy atom. The number of hydrogen-bond donors (Lipinski definition) is 1. The molecule has 0 bridgehead atoms. The molecule has 134 valence electrons. The summed E-state index contributed by atoms with van der Waals surface area (Å²) in [4.78, 5) is 2.55. The maximum absolute atomic E-state index is 6.25. The van der Waals surface area contributed by atoms with Crippen LogP contribution >= 0.6 is 0 Å². The molecule has 2 N–H and O–H groups in total.